The molecule has 2 aromatic rings. The van der Waals surface area contributed by atoms with Crippen molar-refractivity contribution in [1.29, 1.82) is 0 Å². The minimum absolute atomic E-state index is 0.159. The van der Waals surface area contributed by atoms with Gasteiger partial charge >= 0.3 is 0 Å². The Morgan fingerprint density at radius 1 is 1.00 bits per heavy atom. The average Bonchev–Trinajstić information content (AvgIpc) is 3.76. The van der Waals surface area contributed by atoms with E-state index in [1.807, 2.05) is 31.2 Å². The summed E-state index contributed by atoms with van der Waals surface area (Å²) >= 11 is 0. The number of likely N-dealkylation sites (N-methyl/N-ethyl adjacent to an activating group) is 1. The van der Waals surface area contributed by atoms with Gasteiger partial charge in [0.2, 0.25) is 17.7 Å². The highest BCUT2D eigenvalue weighted by atomic mass is 19.1. The van der Waals surface area contributed by atoms with E-state index in [2.05, 4.69) is 16.0 Å². The van der Waals surface area contributed by atoms with Gasteiger partial charge in [0.05, 0.1) is 6.04 Å². The number of halogens is 1. The Morgan fingerprint density at radius 2 is 1.72 bits per heavy atom. The van der Waals surface area contributed by atoms with Crippen molar-refractivity contribution in [2.45, 2.75) is 70.2 Å². The van der Waals surface area contributed by atoms with Crippen molar-refractivity contribution in [2.24, 2.45) is 5.92 Å². The summed E-state index contributed by atoms with van der Waals surface area (Å²) in [7, 11) is 1.62. The van der Waals surface area contributed by atoms with Gasteiger partial charge in [-0.1, -0.05) is 30.3 Å². The second kappa shape index (κ2) is 13.1. The summed E-state index contributed by atoms with van der Waals surface area (Å²) < 4.78 is 19.7. The third-order valence-corrected chi connectivity index (χ3v) is 7.50. The number of amides is 3. The number of fused-ring (bicyclic) bond motifs is 1. The van der Waals surface area contributed by atoms with E-state index in [0.29, 0.717) is 31.5 Å². The smallest absolute Gasteiger partial charge is 0.243 e. The molecule has 0 aromatic heterocycles. The molecule has 1 fully saturated rings. The fourth-order valence-electron chi connectivity index (χ4n) is 4.82. The number of carbonyl (C=O) groups excluding carboxylic acids is 3. The largest absolute Gasteiger partial charge is 0.489 e. The molecule has 0 spiro atoms. The second-order valence-electron chi connectivity index (χ2n) is 10.7. The summed E-state index contributed by atoms with van der Waals surface area (Å²) in [4.78, 5) is 41.4. The molecule has 1 aliphatic carbocycles. The molecule has 0 radical (unpaired) electrons. The zero-order valence-corrected chi connectivity index (χ0v) is 22.9. The molecule has 0 saturated heterocycles. The lowest BCUT2D eigenvalue weighted by molar-refractivity contribution is -0.141. The average molecular weight is 539 g/mol. The van der Waals surface area contributed by atoms with E-state index in [1.54, 1.807) is 26.1 Å². The molecule has 2 aliphatic rings. The lowest BCUT2D eigenvalue weighted by Gasteiger charge is -2.31. The molecule has 2 aromatic carbocycles. The van der Waals surface area contributed by atoms with Gasteiger partial charge in [0.15, 0.2) is 0 Å². The Morgan fingerprint density at radius 3 is 2.44 bits per heavy atom. The summed E-state index contributed by atoms with van der Waals surface area (Å²) in [6.45, 7) is 4.53. The molecule has 9 heteroatoms. The minimum Gasteiger partial charge on any atom is -0.489 e. The molecule has 1 heterocycles. The van der Waals surface area contributed by atoms with Gasteiger partial charge < -0.3 is 25.6 Å². The molecule has 39 heavy (non-hydrogen) atoms. The van der Waals surface area contributed by atoms with Crippen molar-refractivity contribution < 1.29 is 23.5 Å². The number of hydrogen-bond donors (Lipinski definition) is 3. The topological polar surface area (TPSA) is 99.8 Å². The molecule has 8 nitrogen and oxygen atoms in total. The number of para-hydroxylation sites is 1. The van der Waals surface area contributed by atoms with Gasteiger partial charge in [0.1, 0.15) is 29.8 Å². The highest BCUT2D eigenvalue weighted by molar-refractivity contribution is 5.93. The van der Waals surface area contributed by atoms with Crippen molar-refractivity contribution in [1.82, 2.24) is 20.9 Å². The Labute approximate surface area is 229 Å². The van der Waals surface area contributed by atoms with Gasteiger partial charge in [-0.15, -0.1) is 0 Å². The van der Waals surface area contributed by atoms with Crippen LogP contribution in [-0.2, 0) is 27.2 Å². The van der Waals surface area contributed by atoms with Crippen molar-refractivity contribution >= 4 is 17.7 Å². The van der Waals surface area contributed by atoms with E-state index < -0.39 is 24.0 Å². The molecule has 4 atom stereocenters. The van der Waals surface area contributed by atoms with E-state index in [4.69, 9.17) is 4.74 Å². The standard InChI is InChI=1S/C30H39FN4O4/c1-19-18-33-27(23-12-13-23)30(38)35(3)20(2)28(36)34-25(17-21-10-14-24(31)15-11-21)29(37)32-16-6-8-22-7-4-5-9-26(22)39-19/h4-5,7,9-11,14-15,19-20,23,25,27,33H,6,8,12-13,16-18H2,1-3H3,(H,32,37)(H,34,36)/t19-,20-,25+,27+/m1/s1. The van der Waals surface area contributed by atoms with Crippen LogP contribution in [0.5, 0.6) is 5.75 Å². The molecule has 4 rings (SSSR count). The van der Waals surface area contributed by atoms with Gasteiger partial charge in [-0.2, -0.15) is 0 Å². The Bertz CT molecular complexity index is 1150. The monoisotopic (exact) mass is 538 g/mol. The van der Waals surface area contributed by atoms with Crippen LogP contribution in [0, 0.1) is 11.7 Å². The lowest BCUT2D eigenvalue weighted by Crippen LogP contribution is -2.57. The highest BCUT2D eigenvalue weighted by Crippen LogP contribution is 2.33. The van der Waals surface area contributed by atoms with Crippen LogP contribution >= 0.6 is 0 Å². The van der Waals surface area contributed by atoms with Crippen LogP contribution in [0.1, 0.15) is 44.2 Å². The number of hydrogen-bond acceptors (Lipinski definition) is 5. The Balaban J connectivity index is 1.56. The van der Waals surface area contributed by atoms with E-state index >= 15 is 0 Å². The van der Waals surface area contributed by atoms with E-state index in [1.165, 1.54) is 17.0 Å². The SMILES string of the molecule is C[C@@H]1CN[C@@H](C2CC2)C(=O)N(C)[C@H](C)C(=O)N[C@@H](Cc2ccc(F)cc2)C(=O)NCCCc2ccccc2O1. The van der Waals surface area contributed by atoms with Crippen molar-refractivity contribution in [3.63, 3.8) is 0 Å². The van der Waals surface area contributed by atoms with Crippen LogP contribution in [0.3, 0.4) is 0 Å². The molecule has 210 valence electrons. The van der Waals surface area contributed by atoms with Crippen molar-refractivity contribution in [2.75, 3.05) is 20.1 Å². The maximum atomic E-state index is 13.5. The summed E-state index contributed by atoms with van der Waals surface area (Å²) in [5.74, 6) is -0.269. The number of nitrogens with zero attached hydrogens (tertiary/aromatic N) is 1. The third kappa shape index (κ3) is 7.79. The van der Waals surface area contributed by atoms with Gasteiger partial charge in [0.25, 0.3) is 0 Å². The van der Waals surface area contributed by atoms with Gasteiger partial charge in [0, 0.05) is 26.6 Å². The number of aryl methyl sites for hydroxylation is 1. The minimum atomic E-state index is -0.873. The Hall–Kier alpha value is -3.46. The predicted octanol–water partition coefficient (Wildman–Crippen LogP) is 2.60. The molecule has 1 saturated carbocycles. The van der Waals surface area contributed by atoms with Crippen molar-refractivity contribution in [3.05, 3.63) is 65.5 Å². The van der Waals surface area contributed by atoms with Crippen LogP contribution in [0.4, 0.5) is 4.39 Å². The Kier molecular flexibility index (Phi) is 9.56. The van der Waals surface area contributed by atoms with Crippen LogP contribution in [0.2, 0.25) is 0 Å². The van der Waals surface area contributed by atoms with Crippen LogP contribution in [-0.4, -0.2) is 67.0 Å². The van der Waals surface area contributed by atoms with E-state index in [0.717, 1.165) is 24.2 Å². The zero-order chi connectivity index (χ0) is 27.9. The fourth-order valence-corrected chi connectivity index (χ4v) is 4.82. The quantitative estimate of drug-likeness (QED) is 0.558. The molecule has 0 unspecified atom stereocenters. The lowest BCUT2D eigenvalue weighted by atomic mass is 10.0. The summed E-state index contributed by atoms with van der Waals surface area (Å²) in [5.41, 5.74) is 1.76. The maximum Gasteiger partial charge on any atom is 0.243 e. The summed E-state index contributed by atoms with van der Waals surface area (Å²) in [6.07, 6.45) is 3.33. The molecule has 3 N–H and O–H groups in total. The number of benzene rings is 2. The van der Waals surface area contributed by atoms with E-state index in [9.17, 15) is 18.8 Å². The molecule has 3 amide bonds. The molecule has 1 aliphatic heterocycles. The van der Waals surface area contributed by atoms with Gasteiger partial charge in [-0.05, 0) is 74.8 Å². The van der Waals surface area contributed by atoms with Gasteiger partial charge in [-0.3, -0.25) is 14.4 Å². The van der Waals surface area contributed by atoms with Crippen LogP contribution in [0.25, 0.3) is 0 Å². The molecular formula is C30H39FN4O4. The predicted molar refractivity (Wildman–Crippen MR) is 147 cm³/mol. The first kappa shape index (κ1) is 28.5. The second-order valence-corrected chi connectivity index (χ2v) is 10.7. The number of rotatable bonds is 3. The number of ether oxygens (including phenoxy) is 1. The summed E-state index contributed by atoms with van der Waals surface area (Å²) in [6, 6.07) is 11.6. The molecular weight excluding hydrogens is 499 g/mol. The first-order chi connectivity index (χ1) is 18.7. The first-order valence-electron chi connectivity index (χ1n) is 13.8. The maximum absolute atomic E-state index is 13.5. The number of carbonyl (C=O) groups is 3. The number of nitrogens with one attached hydrogen (secondary N) is 3. The van der Waals surface area contributed by atoms with Crippen LogP contribution < -0.4 is 20.7 Å². The zero-order valence-electron chi connectivity index (χ0n) is 22.9. The van der Waals surface area contributed by atoms with Crippen molar-refractivity contribution in [3.8, 4) is 5.75 Å². The van der Waals surface area contributed by atoms with E-state index in [-0.39, 0.29) is 36.1 Å². The fraction of sp³-hybridized carbons (Fsp3) is 0.500. The summed E-state index contributed by atoms with van der Waals surface area (Å²) in [5, 5.41) is 9.17. The third-order valence-electron chi connectivity index (χ3n) is 7.50. The highest BCUT2D eigenvalue weighted by Gasteiger charge is 2.39. The first-order valence-corrected chi connectivity index (χ1v) is 13.8. The normalized spacial score (nSPS) is 25.9. The van der Waals surface area contributed by atoms with Crippen LogP contribution in [0.15, 0.2) is 48.5 Å². The molecule has 0 bridgehead atoms. The van der Waals surface area contributed by atoms with Gasteiger partial charge in [-0.25, -0.2) is 4.39 Å².